The van der Waals surface area contributed by atoms with E-state index in [1.165, 1.54) is 11.0 Å². The third-order valence-corrected chi connectivity index (χ3v) is 13.7. The van der Waals surface area contributed by atoms with Crippen molar-refractivity contribution in [1.29, 1.82) is 5.41 Å². The van der Waals surface area contributed by atoms with Gasteiger partial charge in [-0.1, -0.05) is 50.3 Å². The van der Waals surface area contributed by atoms with Crippen LogP contribution in [0.4, 0.5) is 16.5 Å². The fourth-order valence-corrected chi connectivity index (χ4v) is 9.76. The van der Waals surface area contributed by atoms with E-state index in [0.29, 0.717) is 87.5 Å². The average molecular weight is 986 g/mol. The van der Waals surface area contributed by atoms with Crippen LogP contribution in [-0.4, -0.2) is 134 Å². The molecule has 69 heavy (non-hydrogen) atoms. The van der Waals surface area contributed by atoms with Gasteiger partial charge in [0.25, 0.3) is 5.91 Å². The van der Waals surface area contributed by atoms with Gasteiger partial charge in [-0.3, -0.25) is 34.8 Å². The maximum Gasteiger partial charge on any atom is 0.263 e. The minimum atomic E-state index is -0.895. The molecule has 1 aliphatic carbocycles. The summed E-state index contributed by atoms with van der Waals surface area (Å²) in [5, 5.41) is 21.5. The number of fused-ring (bicyclic) bond motifs is 1. The number of carbonyl (C=O) groups is 4. The summed E-state index contributed by atoms with van der Waals surface area (Å²) in [6, 6.07) is 12.1. The van der Waals surface area contributed by atoms with Crippen molar-refractivity contribution in [2.45, 2.75) is 92.9 Å². The largest absolute Gasteiger partial charge is 0.490 e. The number of thiazole rings is 1. The summed E-state index contributed by atoms with van der Waals surface area (Å²) >= 11 is 3.32. The molecule has 2 aliphatic heterocycles. The number of benzene rings is 2. The zero-order chi connectivity index (χ0) is 48.8. The number of aromatic nitrogens is 2. The van der Waals surface area contributed by atoms with Gasteiger partial charge in [0.1, 0.15) is 29.5 Å². The Labute approximate surface area is 411 Å². The third-order valence-electron chi connectivity index (χ3n) is 11.6. The Morgan fingerprint density at radius 1 is 1.00 bits per heavy atom. The number of oxazole rings is 1. The molecule has 0 bridgehead atoms. The summed E-state index contributed by atoms with van der Waals surface area (Å²) in [7, 11) is 1.96. The molecule has 2 fully saturated rings. The molecule has 18 nitrogen and oxygen atoms in total. The van der Waals surface area contributed by atoms with E-state index in [1.54, 1.807) is 41.3 Å². The van der Waals surface area contributed by atoms with Crippen molar-refractivity contribution < 1.29 is 42.5 Å². The molecule has 7 rings (SSSR count). The molecule has 1 saturated heterocycles. The van der Waals surface area contributed by atoms with Gasteiger partial charge in [-0.25, -0.2) is 9.97 Å². The number of amidine groups is 1. The number of likely N-dealkylation sites (N-methyl/N-ethyl adjacent to an activating group) is 1. The normalized spacial score (nSPS) is 18.5. The first kappa shape index (κ1) is 51.2. The highest BCUT2D eigenvalue weighted by Gasteiger charge is 2.43. The highest BCUT2D eigenvalue weighted by molar-refractivity contribution is 8.00. The number of anilines is 3. The lowest BCUT2D eigenvalue weighted by Gasteiger charge is -2.30. The van der Waals surface area contributed by atoms with Crippen molar-refractivity contribution in [3.63, 3.8) is 0 Å². The molecule has 5 N–H and O–H groups in total. The summed E-state index contributed by atoms with van der Waals surface area (Å²) in [6.45, 7) is 10.5. The van der Waals surface area contributed by atoms with Crippen LogP contribution in [0.1, 0.15) is 86.9 Å². The minimum Gasteiger partial charge on any atom is -0.490 e. The Bertz CT molecular complexity index is 2420. The molecular formula is C49H63N9O9S2. The van der Waals surface area contributed by atoms with Gasteiger partial charge in [-0.15, -0.1) is 11.8 Å². The number of hydrogen-bond donors (Lipinski definition) is 5. The third kappa shape index (κ3) is 14.9. The summed E-state index contributed by atoms with van der Waals surface area (Å²) < 4.78 is 30.4. The number of carbonyl (C=O) groups excluding carboxylic acids is 4. The van der Waals surface area contributed by atoms with Gasteiger partial charge in [0.05, 0.1) is 67.6 Å². The molecule has 3 aliphatic rings. The zero-order valence-electron chi connectivity index (χ0n) is 39.7. The fourth-order valence-electron chi connectivity index (χ4n) is 7.96. The molecule has 2 aromatic carbocycles. The highest BCUT2D eigenvalue weighted by atomic mass is 32.2. The first-order valence-corrected chi connectivity index (χ1v) is 25.2. The Morgan fingerprint density at radius 2 is 1.77 bits per heavy atom. The van der Waals surface area contributed by atoms with E-state index in [1.807, 2.05) is 49.8 Å². The van der Waals surface area contributed by atoms with Crippen LogP contribution in [0.15, 0.2) is 75.6 Å². The SMILES string of the molecule is CN(C/C=C/C(=O)Nc1ccc(OC2CCC[C@@H](Nc3ncc(SCc4ncc(C(C)(C)C)o4)s3)C2)cc1)CCOCCOCCOCCNc1cccc2c1C(=O)N(C1CCC(=O)NC1=O)C2=N. The second-order valence-electron chi connectivity index (χ2n) is 18.1. The van der Waals surface area contributed by atoms with Crippen molar-refractivity contribution in [3.8, 4) is 5.75 Å². The van der Waals surface area contributed by atoms with Gasteiger partial charge >= 0.3 is 0 Å². The number of rotatable bonds is 25. The van der Waals surface area contributed by atoms with E-state index < -0.39 is 17.9 Å². The predicted octanol–water partition coefficient (Wildman–Crippen LogP) is 6.70. The molecule has 2 unspecified atom stereocenters. The molecule has 4 aromatic rings. The maximum absolute atomic E-state index is 13.3. The lowest BCUT2D eigenvalue weighted by Crippen LogP contribution is -2.54. The number of ether oxygens (including phenoxy) is 4. The highest BCUT2D eigenvalue weighted by Crippen LogP contribution is 2.35. The Kier molecular flexibility index (Phi) is 18.4. The molecule has 1 saturated carbocycles. The Hall–Kier alpha value is -5.64. The second kappa shape index (κ2) is 24.8. The lowest BCUT2D eigenvalue weighted by atomic mass is 9.93. The smallest absolute Gasteiger partial charge is 0.263 e. The Balaban J connectivity index is 0.689. The number of piperidine rings is 1. The molecule has 2 aromatic heterocycles. The van der Waals surface area contributed by atoms with E-state index in [2.05, 4.69) is 56.9 Å². The van der Waals surface area contributed by atoms with Crippen molar-refractivity contribution in [3.05, 3.63) is 89.8 Å². The summed E-state index contributed by atoms with van der Waals surface area (Å²) in [6.07, 6.45) is 11.4. The van der Waals surface area contributed by atoms with E-state index in [0.717, 1.165) is 52.4 Å². The predicted molar refractivity (Wildman–Crippen MR) is 265 cm³/mol. The summed E-state index contributed by atoms with van der Waals surface area (Å²) in [5.74, 6) is 1.40. The molecule has 3 atom stereocenters. The van der Waals surface area contributed by atoms with E-state index >= 15 is 0 Å². The number of nitrogens with zero attached hydrogens (tertiary/aromatic N) is 4. The summed E-state index contributed by atoms with van der Waals surface area (Å²) in [5.41, 5.74) is 1.95. The molecular weight excluding hydrogens is 923 g/mol. The first-order chi connectivity index (χ1) is 33.3. The van der Waals surface area contributed by atoms with Gasteiger partial charge in [0, 0.05) is 66.9 Å². The van der Waals surface area contributed by atoms with Crippen LogP contribution < -0.4 is 26.0 Å². The van der Waals surface area contributed by atoms with E-state index in [-0.39, 0.29) is 48.1 Å². The second-order valence-corrected chi connectivity index (χ2v) is 20.4. The number of hydrogen-bond acceptors (Lipinski definition) is 17. The number of thioether (sulfide) groups is 1. The van der Waals surface area contributed by atoms with Crippen LogP contribution in [0.2, 0.25) is 0 Å². The molecule has 4 heterocycles. The van der Waals surface area contributed by atoms with Crippen LogP contribution in [0.25, 0.3) is 0 Å². The zero-order valence-corrected chi connectivity index (χ0v) is 41.3. The van der Waals surface area contributed by atoms with Crippen LogP contribution in [0.3, 0.4) is 0 Å². The van der Waals surface area contributed by atoms with Crippen LogP contribution in [0.5, 0.6) is 5.75 Å². The van der Waals surface area contributed by atoms with Gasteiger partial charge in [-0.2, -0.15) is 0 Å². The van der Waals surface area contributed by atoms with Gasteiger partial charge < -0.3 is 44.2 Å². The fraction of sp³-hybridized carbons (Fsp3) is 0.490. The van der Waals surface area contributed by atoms with Crippen molar-refractivity contribution in [1.82, 2.24) is 25.1 Å². The monoisotopic (exact) mass is 985 g/mol. The van der Waals surface area contributed by atoms with Crippen LogP contribution in [0, 0.1) is 5.41 Å². The molecule has 20 heteroatoms. The van der Waals surface area contributed by atoms with Crippen molar-refractivity contribution in [2.75, 3.05) is 82.3 Å². The molecule has 0 spiro atoms. The van der Waals surface area contributed by atoms with E-state index in [4.69, 9.17) is 28.8 Å². The average Bonchev–Trinajstić information content (AvgIpc) is 4.05. The molecule has 4 amide bonds. The number of imide groups is 1. The van der Waals surface area contributed by atoms with Crippen LogP contribution in [-0.2, 0) is 39.8 Å². The number of amides is 4. The van der Waals surface area contributed by atoms with Gasteiger partial charge in [-0.05, 0) is 63.1 Å². The first-order valence-electron chi connectivity index (χ1n) is 23.4. The maximum atomic E-state index is 13.3. The molecule has 370 valence electrons. The quantitative estimate of drug-likeness (QED) is 0.0202. The van der Waals surface area contributed by atoms with Crippen molar-refractivity contribution in [2.24, 2.45) is 0 Å². The van der Waals surface area contributed by atoms with Crippen molar-refractivity contribution >= 4 is 69.1 Å². The minimum absolute atomic E-state index is 0.0518. The topological polar surface area (TPSA) is 223 Å². The van der Waals surface area contributed by atoms with Crippen LogP contribution >= 0.6 is 23.1 Å². The summed E-state index contributed by atoms with van der Waals surface area (Å²) in [4.78, 5) is 62.2. The Morgan fingerprint density at radius 3 is 2.52 bits per heavy atom. The molecule has 0 radical (unpaired) electrons. The van der Waals surface area contributed by atoms with E-state index in [9.17, 15) is 19.2 Å². The number of nitrogens with one attached hydrogen (secondary N) is 5. The standard InChI is InChI=1S/C49H63N9O9S2/c1-49(2,3)39-29-52-42(67-39)31-68-43-30-53-48(69-43)55-33-8-5-9-35(28-33)66-34-15-13-32(14-16-34)54-40(59)12-7-20-57(4)21-23-64-25-27-65-26-24-63-22-19-51-37-11-6-10-36-44(37)47(62)58(45(36)50)38-17-18-41(60)56-46(38)61/h6-7,10-16,29-30,33,35,38,50-51H,5,8-9,17-28,31H2,1-4H3,(H,53,55)(H,54,59)(H,56,60,61)/b12-7+,50-45?/t33-,35?,38?/m1/s1. The van der Waals surface area contributed by atoms with Gasteiger partial charge in [0.2, 0.25) is 23.6 Å². The lowest BCUT2D eigenvalue weighted by molar-refractivity contribution is -0.136. The van der Waals surface area contributed by atoms with Gasteiger partial charge in [0.15, 0.2) is 5.13 Å².